The van der Waals surface area contributed by atoms with Gasteiger partial charge >= 0.3 is 5.97 Å². The van der Waals surface area contributed by atoms with E-state index in [1.165, 1.54) is 32.0 Å². The van der Waals surface area contributed by atoms with Gasteiger partial charge in [0, 0.05) is 0 Å². The lowest BCUT2D eigenvalue weighted by Gasteiger charge is -2.05. The van der Waals surface area contributed by atoms with E-state index in [4.69, 9.17) is 9.47 Å². The summed E-state index contributed by atoms with van der Waals surface area (Å²) >= 11 is 0. The fraction of sp³-hybridized carbons (Fsp3) is 0.214. The molecule has 4 nitrogen and oxygen atoms in total. The molecule has 0 atom stereocenters. The number of carbonyl (C=O) groups excluding carboxylic acids is 1. The van der Waals surface area contributed by atoms with Crippen LogP contribution in [0.3, 0.4) is 0 Å². The van der Waals surface area contributed by atoms with Gasteiger partial charge in [-0.05, 0) is 31.0 Å². The van der Waals surface area contributed by atoms with Crippen LogP contribution in [0.5, 0.6) is 5.75 Å². The SMILES string of the molecule is COC=CC(=O)OC=COc1cc(C)ccc1C. The molecule has 0 amide bonds. The molecule has 1 aromatic rings. The van der Waals surface area contributed by atoms with Gasteiger partial charge in [-0.15, -0.1) is 0 Å². The minimum absolute atomic E-state index is 0.530. The third-order valence-corrected chi connectivity index (χ3v) is 2.12. The summed E-state index contributed by atoms with van der Waals surface area (Å²) in [7, 11) is 1.45. The van der Waals surface area contributed by atoms with E-state index in [1.807, 2.05) is 32.0 Å². The molecule has 0 aromatic heterocycles. The van der Waals surface area contributed by atoms with E-state index < -0.39 is 5.97 Å². The molecule has 0 bridgehead atoms. The Balaban J connectivity index is 2.47. The van der Waals surface area contributed by atoms with Gasteiger partial charge in [0.2, 0.25) is 0 Å². The van der Waals surface area contributed by atoms with Crippen LogP contribution < -0.4 is 4.74 Å². The highest BCUT2D eigenvalue weighted by atomic mass is 16.5. The average Bonchev–Trinajstić information content (AvgIpc) is 2.36. The summed E-state index contributed by atoms with van der Waals surface area (Å²) in [5.41, 5.74) is 2.11. The van der Waals surface area contributed by atoms with Gasteiger partial charge in [0.1, 0.15) is 18.3 Å². The number of methoxy groups -OCH3 is 1. The molecule has 0 aliphatic rings. The van der Waals surface area contributed by atoms with Crippen LogP contribution >= 0.6 is 0 Å². The van der Waals surface area contributed by atoms with Crippen molar-refractivity contribution in [2.45, 2.75) is 13.8 Å². The smallest absolute Gasteiger partial charge is 0.338 e. The van der Waals surface area contributed by atoms with Gasteiger partial charge in [0.15, 0.2) is 0 Å². The van der Waals surface area contributed by atoms with Crippen molar-refractivity contribution in [2.24, 2.45) is 0 Å². The van der Waals surface area contributed by atoms with Gasteiger partial charge < -0.3 is 14.2 Å². The zero-order chi connectivity index (χ0) is 13.4. The standard InChI is InChI=1S/C14H16O4/c1-11-4-5-12(2)13(10-11)17-8-9-18-14(15)6-7-16-3/h4-10H,1-3H3. The van der Waals surface area contributed by atoms with Gasteiger partial charge in [-0.2, -0.15) is 0 Å². The molecule has 0 spiro atoms. The van der Waals surface area contributed by atoms with E-state index in [-0.39, 0.29) is 0 Å². The van der Waals surface area contributed by atoms with Crippen molar-refractivity contribution in [3.63, 3.8) is 0 Å². The van der Waals surface area contributed by atoms with E-state index in [9.17, 15) is 4.79 Å². The van der Waals surface area contributed by atoms with Gasteiger partial charge in [-0.1, -0.05) is 12.1 Å². The fourth-order valence-corrected chi connectivity index (χ4v) is 1.19. The second-order valence-electron chi connectivity index (χ2n) is 3.63. The van der Waals surface area contributed by atoms with Crippen LogP contribution in [0.1, 0.15) is 11.1 Å². The molecule has 96 valence electrons. The maximum Gasteiger partial charge on any atom is 0.338 e. The van der Waals surface area contributed by atoms with Gasteiger partial charge in [-0.3, -0.25) is 0 Å². The zero-order valence-electron chi connectivity index (χ0n) is 10.7. The predicted molar refractivity (Wildman–Crippen MR) is 67.9 cm³/mol. The summed E-state index contributed by atoms with van der Waals surface area (Å²) < 4.78 is 14.7. The van der Waals surface area contributed by atoms with Crippen molar-refractivity contribution in [1.29, 1.82) is 0 Å². The Morgan fingerprint density at radius 1 is 1.17 bits per heavy atom. The highest BCUT2D eigenvalue weighted by Gasteiger charge is 1.98. The number of esters is 1. The fourth-order valence-electron chi connectivity index (χ4n) is 1.19. The highest BCUT2D eigenvalue weighted by molar-refractivity contribution is 5.82. The lowest BCUT2D eigenvalue weighted by atomic mass is 10.1. The Morgan fingerprint density at radius 2 is 1.94 bits per heavy atom. The first kappa shape index (κ1) is 13.8. The molecule has 0 fully saturated rings. The molecule has 0 saturated heterocycles. The molecule has 0 radical (unpaired) electrons. The normalized spacial score (nSPS) is 10.8. The quantitative estimate of drug-likeness (QED) is 0.456. The third-order valence-electron chi connectivity index (χ3n) is 2.12. The Hall–Kier alpha value is -2.23. The summed E-state index contributed by atoms with van der Waals surface area (Å²) in [6, 6.07) is 5.87. The molecule has 0 N–H and O–H groups in total. The molecule has 0 heterocycles. The van der Waals surface area contributed by atoms with Crippen molar-refractivity contribution in [3.05, 3.63) is 54.2 Å². The highest BCUT2D eigenvalue weighted by Crippen LogP contribution is 2.19. The Kier molecular flexibility index (Phi) is 5.51. The maximum absolute atomic E-state index is 11.0. The first-order valence-corrected chi connectivity index (χ1v) is 5.42. The first-order chi connectivity index (χ1) is 8.63. The van der Waals surface area contributed by atoms with Crippen molar-refractivity contribution in [2.75, 3.05) is 7.11 Å². The molecule has 4 heteroatoms. The predicted octanol–water partition coefficient (Wildman–Crippen LogP) is 2.86. The number of benzene rings is 1. The van der Waals surface area contributed by atoms with Crippen LogP contribution in [0.25, 0.3) is 0 Å². The van der Waals surface area contributed by atoms with Crippen molar-refractivity contribution in [3.8, 4) is 5.75 Å². The summed E-state index contributed by atoms with van der Waals surface area (Å²) in [5.74, 6) is 0.201. The Labute approximate surface area is 106 Å². The van der Waals surface area contributed by atoms with E-state index in [1.54, 1.807) is 0 Å². The summed E-state index contributed by atoms with van der Waals surface area (Å²) in [6.45, 7) is 3.92. The molecule has 1 aromatic carbocycles. The topological polar surface area (TPSA) is 44.8 Å². The zero-order valence-corrected chi connectivity index (χ0v) is 10.7. The van der Waals surface area contributed by atoms with E-state index in [2.05, 4.69) is 4.74 Å². The van der Waals surface area contributed by atoms with Crippen LogP contribution in [-0.2, 0) is 14.3 Å². The molecule has 1 rings (SSSR count). The summed E-state index contributed by atoms with van der Waals surface area (Å²) in [4.78, 5) is 11.0. The van der Waals surface area contributed by atoms with E-state index >= 15 is 0 Å². The second-order valence-corrected chi connectivity index (χ2v) is 3.63. The number of hydrogen-bond donors (Lipinski definition) is 0. The number of hydrogen-bond acceptors (Lipinski definition) is 4. The number of carbonyl (C=O) groups is 1. The summed E-state index contributed by atoms with van der Waals surface area (Å²) in [5, 5.41) is 0. The largest absolute Gasteiger partial charge is 0.504 e. The van der Waals surface area contributed by atoms with E-state index in [0.717, 1.165) is 16.9 Å². The minimum Gasteiger partial charge on any atom is -0.504 e. The maximum atomic E-state index is 11.0. The lowest BCUT2D eigenvalue weighted by Crippen LogP contribution is -1.95. The van der Waals surface area contributed by atoms with Gasteiger partial charge in [0.25, 0.3) is 0 Å². The minimum atomic E-state index is -0.530. The molecule has 0 aliphatic carbocycles. The van der Waals surface area contributed by atoms with Crippen LogP contribution in [0.15, 0.2) is 43.1 Å². The van der Waals surface area contributed by atoms with Crippen molar-refractivity contribution >= 4 is 5.97 Å². The van der Waals surface area contributed by atoms with Gasteiger partial charge in [0.05, 0.1) is 19.4 Å². The van der Waals surface area contributed by atoms with Crippen LogP contribution in [0, 0.1) is 13.8 Å². The second kappa shape index (κ2) is 7.17. The van der Waals surface area contributed by atoms with Crippen molar-refractivity contribution < 1.29 is 19.0 Å². The monoisotopic (exact) mass is 248 g/mol. The van der Waals surface area contributed by atoms with Gasteiger partial charge in [-0.25, -0.2) is 4.79 Å². The van der Waals surface area contributed by atoms with Crippen molar-refractivity contribution in [1.82, 2.24) is 0 Å². The number of ether oxygens (including phenoxy) is 3. The molecule has 0 aliphatic heterocycles. The van der Waals surface area contributed by atoms with E-state index in [0.29, 0.717) is 0 Å². The lowest BCUT2D eigenvalue weighted by molar-refractivity contribution is -0.132. The Morgan fingerprint density at radius 3 is 2.67 bits per heavy atom. The third kappa shape index (κ3) is 4.74. The van der Waals surface area contributed by atoms with Crippen LogP contribution in [0.2, 0.25) is 0 Å². The van der Waals surface area contributed by atoms with Crippen LogP contribution in [-0.4, -0.2) is 13.1 Å². The molecular weight excluding hydrogens is 232 g/mol. The number of rotatable bonds is 5. The van der Waals surface area contributed by atoms with Crippen LogP contribution in [0.4, 0.5) is 0 Å². The Bertz CT molecular complexity index is 461. The summed E-state index contributed by atoms with van der Waals surface area (Å²) in [6.07, 6.45) is 4.91. The molecule has 0 saturated carbocycles. The first-order valence-electron chi connectivity index (χ1n) is 5.42. The number of aryl methyl sites for hydroxylation is 2. The molecule has 0 unspecified atom stereocenters. The average molecular weight is 248 g/mol. The molecule has 18 heavy (non-hydrogen) atoms. The molecular formula is C14H16O4.